The van der Waals surface area contributed by atoms with Crippen molar-refractivity contribution in [1.29, 1.82) is 0 Å². The molecule has 0 spiro atoms. The van der Waals surface area contributed by atoms with Crippen molar-refractivity contribution in [2.24, 2.45) is 0 Å². The zero-order valence-corrected chi connectivity index (χ0v) is 22.3. The van der Waals surface area contributed by atoms with Crippen molar-refractivity contribution in [3.63, 3.8) is 0 Å². The van der Waals surface area contributed by atoms with Crippen LogP contribution in [0, 0.1) is 6.92 Å². The van der Waals surface area contributed by atoms with Gasteiger partial charge in [-0.05, 0) is 24.1 Å². The molecule has 3 aromatic carbocycles. The summed E-state index contributed by atoms with van der Waals surface area (Å²) in [7, 11) is 0. The summed E-state index contributed by atoms with van der Waals surface area (Å²) in [4.78, 5) is 16.5. The SMILES string of the molecule is Cc1c([C@H]2NC(=O)c3c(sc4c3CC[NH+](Cc3ccccc3)C4)N2)c2ccccc2n1Cc1ccccc1. The summed E-state index contributed by atoms with van der Waals surface area (Å²) in [6.45, 7) is 6.01. The number of nitrogens with one attached hydrogen (secondary N) is 3. The monoisotopic (exact) mass is 519 g/mol. The number of carbonyl (C=O) groups excluding carboxylic acids is 1. The van der Waals surface area contributed by atoms with Gasteiger partial charge in [-0.3, -0.25) is 4.79 Å². The van der Waals surface area contributed by atoms with E-state index in [9.17, 15) is 4.79 Å². The van der Waals surface area contributed by atoms with Gasteiger partial charge in [0.1, 0.15) is 24.3 Å². The smallest absolute Gasteiger partial charge is 0.256 e. The Kier molecular flexibility index (Phi) is 5.79. The van der Waals surface area contributed by atoms with E-state index in [0.717, 1.165) is 48.7 Å². The molecule has 0 bridgehead atoms. The Morgan fingerprint density at radius 3 is 2.42 bits per heavy atom. The molecule has 1 unspecified atom stereocenters. The number of quaternary nitrogens is 1. The molecule has 190 valence electrons. The highest BCUT2D eigenvalue weighted by atomic mass is 32.1. The minimum atomic E-state index is -0.259. The number of thiophene rings is 1. The number of hydrogen-bond acceptors (Lipinski definition) is 3. The number of aromatic nitrogens is 1. The Morgan fingerprint density at radius 2 is 1.63 bits per heavy atom. The van der Waals surface area contributed by atoms with E-state index < -0.39 is 0 Å². The van der Waals surface area contributed by atoms with E-state index in [1.54, 1.807) is 16.2 Å². The first kappa shape index (κ1) is 23.3. The van der Waals surface area contributed by atoms with Crippen LogP contribution in [0.15, 0.2) is 84.9 Å². The molecule has 0 radical (unpaired) electrons. The van der Waals surface area contributed by atoms with E-state index in [2.05, 4.69) is 107 Å². The molecular weight excluding hydrogens is 488 g/mol. The third-order valence-electron chi connectivity index (χ3n) is 8.06. The van der Waals surface area contributed by atoms with Crippen LogP contribution in [0.4, 0.5) is 5.00 Å². The summed E-state index contributed by atoms with van der Waals surface area (Å²) in [6.07, 6.45) is 0.684. The first-order valence-corrected chi connectivity index (χ1v) is 14.2. The number of anilines is 1. The van der Waals surface area contributed by atoms with E-state index in [-0.39, 0.29) is 12.1 Å². The van der Waals surface area contributed by atoms with E-state index in [0.29, 0.717) is 0 Å². The first-order valence-electron chi connectivity index (χ1n) is 13.4. The average molecular weight is 520 g/mol. The lowest BCUT2D eigenvalue weighted by atomic mass is 9.99. The molecule has 2 aliphatic heterocycles. The van der Waals surface area contributed by atoms with Gasteiger partial charge in [0, 0.05) is 40.7 Å². The molecule has 0 fully saturated rings. The van der Waals surface area contributed by atoms with Crippen LogP contribution >= 0.6 is 11.3 Å². The molecule has 3 N–H and O–H groups in total. The average Bonchev–Trinajstić information content (AvgIpc) is 3.44. The minimum Gasteiger partial charge on any atom is -0.353 e. The van der Waals surface area contributed by atoms with Gasteiger partial charge in [0.15, 0.2) is 0 Å². The maximum atomic E-state index is 13.6. The number of amides is 1. The number of nitrogens with zero attached hydrogens (tertiary/aromatic N) is 1. The van der Waals surface area contributed by atoms with Crippen LogP contribution in [0.2, 0.25) is 0 Å². The minimum absolute atomic E-state index is 0.0482. The van der Waals surface area contributed by atoms with Gasteiger partial charge >= 0.3 is 0 Å². The van der Waals surface area contributed by atoms with Crippen LogP contribution in [0.25, 0.3) is 10.9 Å². The summed E-state index contributed by atoms with van der Waals surface area (Å²) in [5.41, 5.74) is 8.26. The fourth-order valence-corrected chi connectivity index (χ4v) is 7.57. The lowest BCUT2D eigenvalue weighted by Gasteiger charge is -2.28. The predicted octanol–water partition coefficient (Wildman–Crippen LogP) is 5.05. The topological polar surface area (TPSA) is 50.5 Å². The van der Waals surface area contributed by atoms with Gasteiger partial charge in [-0.2, -0.15) is 0 Å². The van der Waals surface area contributed by atoms with E-state index in [1.807, 2.05) is 0 Å². The molecular formula is C32H31N4OS+. The number of benzene rings is 3. The van der Waals surface area contributed by atoms with Crippen molar-refractivity contribution in [2.75, 3.05) is 11.9 Å². The third kappa shape index (κ3) is 4.01. The van der Waals surface area contributed by atoms with Crippen LogP contribution in [-0.4, -0.2) is 17.0 Å². The number of hydrogen-bond donors (Lipinski definition) is 3. The van der Waals surface area contributed by atoms with Crippen molar-refractivity contribution in [3.8, 4) is 0 Å². The Bertz CT molecular complexity index is 1640. The molecule has 5 nitrogen and oxygen atoms in total. The van der Waals surface area contributed by atoms with Crippen molar-refractivity contribution < 1.29 is 9.69 Å². The zero-order chi connectivity index (χ0) is 25.6. The van der Waals surface area contributed by atoms with Crippen molar-refractivity contribution in [1.82, 2.24) is 9.88 Å². The highest BCUT2D eigenvalue weighted by Crippen LogP contribution is 2.41. The maximum Gasteiger partial charge on any atom is 0.256 e. The lowest BCUT2D eigenvalue weighted by Crippen LogP contribution is -3.10. The molecule has 0 saturated carbocycles. The summed E-state index contributed by atoms with van der Waals surface area (Å²) in [5.74, 6) is 0.0482. The van der Waals surface area contributed by atoms with Gasteiger partial charge in [-0.1, -0.05) is 78.9 Å². The normalized spacial score (nSPS) is 18.5. The molecule has 38 heavy (non-hydrogen) atoms. The van der Waals surface area contributed by atoms with Crippen molar-refractivity contribution >= 4 is 33.1 Å². The molecule has 7 rings (SSSR count). The van der Waals surface area contributed by atoms with Crippen molar-refractivity contribution in [3.05, 3.63) is 123 Å². The predicted molar refractivity (Wildman–Crippen MR) is 154 cm³/mol. The van der Waals surface area contributed by atoms with Gasteiger partial charge in [0.05, 0.1) is 17.0 Å². The van der Waals surface area contributed by atoms with Gasteiger partial charge in [-0.15, -0.1) is 11.3 Å². The van der Waals surface area contributed by atoms with Crippen LogP contribution in [0.3, 0.4) is 0 Å². The summed E-state index contributed by atoms with van der Waals surface area (Å²) in [6, 6.07) is 29.8. The van der Waals surface area contributed by atoms with Gasteiger partial charge < -0.3 is 20.1 Å². The first-order chi connectivity index (χ1) is 18.7. The van der Waals surface area contributed by atoms with E-state index in [1.165, 1.54) is 38.2 Å². The Balaban J connectivity index is 1.20. The summed E-state index contributed by atoms with van der Waals surface area (Å²) in [5, 5.41) is 9.26. The van der Waals surface area contributed by atoms with Crippen LogP contribution < -0.4 is 15.5 Å². The molecule has 0 aliphatic carbocycles. The number of carbonyl (C=O) groups is 1. The molecule has 2 atom stereocenters. The highest BCUT2D eigenvalue weighted by Gasteiger charge is 2.36. The maximum absolute atomic E-state index is 13.6. The number of para-hydroxylation sites is 1. The Morgan fingerprint density at radius 1 is 0.921 bits per heavy atom. The van der Waals surface area contributed by atoms with Crippen molar-refractivity contribution in [2.45, 2.75) is 39.1 Å². The van der Waals surface area contributed by atoms with Crippen LogP contribution in [-0.2, 0) is 26.1 Å². The molecule has 2 aromatic heterocycles. The molecule has 0 saturated heterocycles. The Hall–Kier alpha value is -3.87. The molecule has 6 heteroatoms. The standard InChI is InChI=1S/C32H30N4OS/c1-21-28(24-14-8-9-15-26(24)36(21)19-23-12-6-3-7-13-23)30-33-31(37)29-25-16-17-35(18-22-10-4-2-5-11-22)20-27(25)38-32(29)34-30/h2-15,30,34H,16-20H2,1H3,(H,33,37)/p+1/t30-/m0/s1. The second-order valence-electron chi connectivity index (χ2n) is 10.4. The fraction of sp³-hybridized carbons (Fsp3) is 0.219. The fourth-order valence-electron chi connectivity index (χ4n) is 6.22. The van der Waals surface area contributed by atoms with E-state index in [4.69, 9.17) is 0 Å². The highest BCUT2D eigenvalue weighted by molar-refractivity contribution is 7.16. The van der Waals surface area contributed by atoms with E-state index >= 15 is 0 Å². The number of rotatable bonds is 5. The van der Waals surface area contributed by atoms with Gasteiger partial charge in [0.2, 0.25) is 0 Å². The number of fused-ring (bicyclic) bond motifs is 4. The molecule has 4 heterocycles. The molecule has 2 aliphatic rings. The third-order valence-corrected chi connectivity index (χ3v) is 9.22. The van der Waals surface area contributed by atoms with Crippen LogP contribution in [0.5, 0.6) is 0 Å². The molecule has 5 aromatic rings. The largest absolute Gasteiger partial charge is 0.353 e. The second kappa shape index (κ2) is 9.46. The summed E-state index contributed by atoms with van der Waals surface area (Å²) < 4.78 is 2.37. The quantitative estimate of drug-likeness (QED) is 0.304. The van der Waals surface area contributed by atoms with Gasteiger partial charge in [0.25, 0.3) is 5.91 Å². The summed E-state index contributed by atoms with van der Waals surface area (Å²) >= 11 is 1.78. The Labute approximate surface area is 226 Å². The lowest BCUT2D eigenvalue weighted by molar-refractivity contribution is -0.929. The van der Waals surface area contributed by atoms with Gasteiger partial charge in [-0.25, -0.2) is 0 Å². The zero-order valence-electron chi connectivity index (χ0n) is 21.5. The van der Waals surface area contributed by atoms with Crippen LogP contribution in [0.1, 0.15) is 49.3 Å². The molecule has 1 amide bonds. The second-order valence-corrected chi connectivity index (χ2v) is 11.5.